The summed E-state index contributed by atoms with van der Waals surface area (Å²) in [6, 6.07) is 8.74. The van der Waals surface area contributed by atoms with E-state index in [1.165, 1.54) is 23.3 Å². The van der Waals surface area contributed by atoms with Crippen molar-refractivity contribution in [3.8, 4) is 0 Å². The zero-order valence-corrected chi connectivity index (χ0v) is 10.5. The molecule has 0 saturated heterocycles. The first-order valence-electron chi connectivity index (χ1n) is 6.18. The molecule has 0 saturated carbocycles. The molecule has 3 heteroatoms. The van der Waals surface area contributed by atoms with Crippen molar-refractivity contribution in [3.63, 3.8) is 0 Å². The summed E-state index contributed by atoms with van der Waals surface area (Å²) >= 11 is 0. The maximum Gasteiger partial charge on any atom is 0.123 e. The Hall–Kier alpha value is -1.61. The van der Waals surface area contributed by atoms with E-state index < -0.39 is 0 Å². The molecule has 1 aromatic heterocycles. The second kappa shape index (κ2) is 6.36. The van der Waals surface area contributed by atoms with Crippen LogP contribution in [0.15, 0.2) is 47.3 Å². The van der Waals surface area contributed by atoms with Crippen LogP contribution in [-0.4, -0.2) is 13.6 Å². The highest BCUT2D eigenvalue weighted by Gasteiger charge is 2.11. The molecule has 0 amide bonds. The van der Waals surface area contributed by atoms with Gasteiger partial charge in [0.25, 0.3) is 0 Å². The first-order chi connectivity index (χ1) is 8.78. The largest absolute Gasteiger partial charge is 0.472 e. The normalized spacial score (nSPS) is 12.6. The van der Waals surface area contributed by atoms with Gasteiger partial charge in [-0.25, -0.2) is 4.39 Å². The lowest BCUT2D eigenvalue weighted by Crippen LogP contribution is -2.22. The van der Waals surface area contributed by atoms with E-state index >= 15 is 0 Å². The smallest absolute Gasteiger partial charge is 0.123 e. The summed E-state index contributed by atoms with van der Waals surface area (Å²) in [4.78, 5) is 0. The van der Waals surface area contributed by atoms with E-state index in [0.717, 1.165) is 19.4 Å². The standard InChI is InChI=1S/C15H18FNO/c1-17-10-14(9-13-6-7-18-11-13)8-12-2-4-15(16)5-3-12/h2-7,11,14,17H,8-10H2,1H3. The van der Waals surface area contributed by atoms with Crippen LogP contribution < -0.4 is 5.32 Å². The second-order valence-electron chi connectivity index (χ2n) is 4.59. The predicted octanol–water partition coefficient (Wildman–Crippen LogP) is 3.04. The van der Waals surface area contributed by atoms with Crippen molar-refractivity contribution >= 4 is 0 Å². The van der Waals surface area contributed by atoms with Crippen LogP contribution in [0.25, 0.3) is 0 Å². The van der Waals surface area contributed by atoms with Crippen LogP contribution in [0.3, 0.4) is 0 Å². The minimum absolute atomic E-state index is 0.182. The van der Waals surface area contributed by atoms with Crippen LogP contribution in [0.5, 0.6) is 0 Å². The average molecular weight is 247 g/mol. The third-order valence-corrected chi connectivity index (χ3v) is 3.03. The molecule has 2 nitrogen and oxygen atoms in total. The maximum absolute atomic E-state index is 12.9. The fourth-order valence-electron chi connectivity index (χ4n) is 2.20. The van der Waals surface area contributed by atoms with Gasteiger partial charge in [-0.3, -0.25) is 0 Å². The van der Waals surface area contributed by atoms with Crippen molar-refractivity contribution in [3.05, 3.63) is 59.8 Å². The molecular weight excluding hydrogens is 229 g/mol. The Morgan fingerprint density at radius 2 is 1.83 bits per heavy atom. The first kappa shape index (κ1) is 12.8. The highest BCUT2D eigenvalue weighted by atomic mass is 19.1. The van der Waals surface area contributed by atoms with E-state index in [1.807, 2.05) is 25.2 Å². The third kappa shape index (κ3) is 3.70. The monoisotopic (exact) mass is 247 g/mol. The summed E-state index contributed by atoms with van der Waals surface area (Å²) < 4.78 is 17.9. The van der Waals surface area contributed by atoms with E-state index in [-0.39, 0.29) is 5.82 Å². The van der Waals surface area contributed by atoms with Crippen molar-refractivity contribution in [1.82, 2.24) is 5.32 Å². The zero-order chi connectivity index (χ0) is 12.8. The molecule has 1 N–H and O–H groups in total. The second-order valence-corrected chi connectivity index (χ2v) is 4.59. The SMILES string of the molecule is CNCC(Cc1ccc(F)cc1)Cc1ccoc1. The number of benzene rings is 1. The summed E-state index contributed by atoms with van der Waals surface area (Å²) in [7, 11) is 1.95. The molecule has 0 spiro atoms. The Balaban J connectivity index is 1.99. The van der Waals surface area contributed by atoms with Crippen LogP contribution in [0, 0.1) is 11.7 Å². The molecule has 0 aliphatic heterocycles. The fraction of sp³-hybridized carbons (Fsp3) is 0.333. The fourth-order valence-corrected chi connectivity index (χ4v) is 2.20. The predicted molar refractivity (Wildman–Crippen MR) is 69.9 cm³/mol. The van der Waals surface area contributed by atoms with E-state index in [0.29, 0.717) is 5.92 Å². The van der Waals surface area contributed by atoms with Gasteiger partial charge in [0.2, 0.25) is 0 Å². The molecule has 1 atom stereocenters. The lowest BCUT2D eigenvalue weighted by Gasteiger charge is -2.15. The van der Waals surface area contributed by atoms with Crippen molar-refractivity contribution in [2.24, 2.45) is 5.92 Å². The Labute approximate surface area is 107 Å². The number of hydrogen-bond acceptors (Lipinski definition) is 2. The molecule has 96 valence electrons. The minimum atomic E-state index is -0.182. The molecule has 0 fully saturated rings. The van der Waals surface area contributed by atoms with Gasteiger partial charge in [0, 0.05) is 0 Å². The first-order valence-corrected chi connectivity index (χ1v) is 6.18. The summed E-state index contributed by atoms with van der Waals surface area (Å²) in [6.07, 6.45) is 5.39. The van der Waals surface area contributed by atoms with Gasteiger partial charge in [0.1, 0.15) is 5.82 Å². The molecule has 2 rings (SSSR count). The van der Waals surface area contributed by atoms with Gasteiger partial charge in [0.05, 0.1) is 12.5 Å². The summed E-state index contributed by atoms with van der Waals surface area (Å²) in [5.74, 6) is 0.303. The Kier molecular flexibility index (Phi) is 4.53. The quantitative estimate of drug-likeness (QED) is 0.848. The maximum atomic E-state index is 12.9. The van der Waals surface area contributed by atoms with Gasteiger partial charge in [-0.05, 0) is 61.7 Å². The van der Waals surface area contributed by atoms with Crippen LogP contribution >= 0.6 is 0 Å². The van der Waals surface area contributed by atoms with Gasteiger partial charge in [-0.1, -0.05) is 12.1 Å². The van der Waals surface area contributed by atoms with Crippen LogP contribution in [0.4, 0.5) is 4.39 Å². The van der Waals surface area contributed by atoms with Crippen LogP contribution in [0.1, 0.15) is 11.1 Å². The van der Waals surface area contributed by atoms with Gasteiger partial charge in [-0.2, -0.15) is 0 Å². The lowest BCUT2D eigenvalue weighted by molar-refractivity contribution is 0.487. The zero-order valence-electron chi connectivity index (χ0n) is 10.5. The topological polar surface area (TPSA) is 25.2 Å². The number of hydrogen-bond donors (Lipinski definition) is 1. The van der Waals surface area contributed by atoms with Gasteiger partial charge in [-0.15, -0.1) is 0 Å². The van der Waals surface area contributed by atoms with Crippen LogP contribution in [-0.2, 0) is 12.8 Å². The van der Waals surface area contributed by atoms with Crippen molar-refractivity contribution in [1.29, 1.82) is 0 Å². The molecule has 2 aromatic rings. The number of furan rings is 1. The number of halogens is 1. The average Bonchev–Trinajstić information content (AvgIpc) is 2.85. The summed E-state index contributed by atoms with van der Waals surface area (Å²) in [5.41, 5.74) is 2.37. The van der Waals surface area contributed by atoms with E-state index in [4.69, 9.17) is 4.42 Å². The molecule has 0 radical (unpaired) electrons. The molecule has 1 heterocycles. The molecule has 0 bridgehead atoms. The van der Waals surface area contributed by atoms with E-state index in [9.17, 15) is 4.39 Å². The Bertz CT molecular complexity index is 450. The van der Waals surface area contributed by atoms with Crippen molar-refractivity contribution < 1.29 is 8.81 Å². The molecule has 18 heavy (non-hydrogen) atoms. The van der Waals surface area contributed by atoms with E-state index in [1.54, 1.807) is 12.5 Å². The molecule has 0 aliphatic rings. The molecule has 1 unspecified atom stereocenters. The van der Waals surface area contributed by atoms with Gasteiger partial charge >= 0.3 is 0 Å². The van der Waals surface area contributed by atoms with Crippen molar-refractivity contribution in [2.45, 2.75) is 12.8 Å². The number of nitrogens with one attached hydrogen (secondary N) is 1. The number of rotatable bonds is 6. The Morgan fingerprint density at radius 3 is 2.44 bits per heavy atom. The highest BCUT2D eigenvalue weighted by Crippen LogP contribution is 2.15. The van der Waals surface area contributed by atoms with Gasteiger partial charge in [0.15, 0.2) is 0 Å². The third-order valence-electron chi connectivity index (χ3n) is 3.03. The molecular formula is C15H18FNO. The highest BCUT2D eigenvalue weighted by molar-refractivity contribution is 5.17. The lowest BCUT2D eigenvalue weighted by atomic mass is 9.93. The van der Waals surface area contributed by atoms with Crippen molar-refractivity contribution in [2.75, 3.05) is 13.6 Å². The van der Waals surface area contributed by atoms with Crippen LogP contribution in [0.2, 0.25) is 0 Å². The molecule has 0 aliphatic carbocycles. The Morgan fingerprint density at radius 1 is 1.11 bits per heavy atom. The van der Waals surface area contributed by atoms with E-state index in [2.05, 4.69) is 5.32 Å². The molecule has 1 aromatic carbocycles. The van der Waals surface area contributed by atoms with Gasteiger partial charge < -0.3 is 9.73 Å². The summed E-state index contributed by atoms with van der Waals surface area (Å²) in [6.45, 7) is 0.933. The minimum Gasteiger partial charge on any atom is -0.472 e. The summed E-state index contributed by atoms with van der Waals surface area (Å²) in [5, 5.41) is 3.21.